The lowest BCUT2D eigenvalue weighted by molar-refractivity contribution is -0.146. The summed E-state index contributed by atoms with van der Waals surface area (Å²) < 4.78 is 0. The molecule has 0 aliphatic heterocycles. The third-order valence-corrected chi connectivity index (χ3v) is 7.04. The molecule has 2 aromatic rings. The molecule has 6 nitrogen and oxygen atoms in total. The molecule has 31 heavy (non-hydrogen) atoms. The third-order valence-electron chi connectivity index (χ3n) is 5.98. The van der Waals surface area contributed by atoms with Crippen LogP contribution in [0, 0.1) is 18.8 Å². The van der Waals surface area contributed by atoms with Gasteiger partial charge in [0, 0.05) is 10.6 Å². The highest BCUT2D eigenvalue weighted by Crippen LogP contribution is 2.38. The first kappa shape index (κ1) is 22.7. The van der Waals surface area contributed by atoms with Crippen molar-refractivity contribution >= 4 is 39.8 Å². The number of para-hydroxylation sites is 1. The summed E-state index contributed by atoms with van der Waals surface area (Å²) in [6.45, 7) is 7.76. The summed E-state index contributed by atoms with van der Waals surface area (Å²) >= 11 is 1.36. The first-order valence-electron chi connectivity index (χ1n) is 10.4. The van der Waals surface area contributed by atoms with Gasteiger partial charge in [0.2, 0.25) is 5.91 Å². The van der Waals surface area contributed by atoms with Crippen LogP contribution in [0.15, 0.2) is 41.5 Å². The smallest absolute Gasteiger partial charge is 0.307 e. The van der Waals surface area contributed by atoms with Crippen LogP contribution in [0.25, 0.3) is 0 Å². The Kier molecular flexibility index (Phi) is 6.95. The Balaban J connectivity index is 1.90. The summed E-state index contributed by atoms with van der Waals surface area (Å²) in [6.07, 6.45) is 1.42. The number of amides is 2. The lowest BCUT2D eigenvalue weighted by Gasteiger charge is -2.29. The fourth-order valence-electron chi connectivity index (χ4n) is 4.08. The molecular formula is C24H28N2O4S. The van der Waals surface area contributed by atoms with Gasteiger partial charge in [-0.15, -0.1) is 11.3 Å². The Bertz CT molecular complexity index is 1040. The number of hydrogen-bond acceptors (Lipinski definition) is 4. The summed E-state index contributed by atoms with van der Waals surface area (Å²) in [5, 5.41) is 15.9. The van der Waals surface area contributed by atoms with Crippen LogP contribution in [-0.4, -0.2) is 22.9 Å². The molecule has 2 atom stereocenters. The van der Waals surface area contributed by atoms with Gasteiger partial charge in [-0.1, -0.05) is 36.3 Å². The van der Waals surface area contributed by atoms with Gasteiger partial charge in [-0.05, 0) is 57.7 Å². The number of carbonyl (C=O) groups excluding carboxylic acids is 2. The number of thiophene rings is 1. The summed E-state index contributed by atoms with van der Waals surface area (Å²) in [5.74, 6) is -3.04. The van der Waals surface area contributed by atoms with Crippen molar-refractivity contribution in [2.24, 2.45) is 11.8 Å². The van der Waals surface area contributed by atoms with E-state index in [1.54, 1.807) is 12.1 Å². The number of nitrogens with one attached hydrogen (secondary N) is 2. The molecular weight excluding hydrogens is 412 g/mol. The molecule has 3 rings (SSSR count). The maximum absolute atomic E-state index is 13.2. The Hall–Kier alpha value is -2.93. The molecule has 0 saturated heterocycles. The van der Waals surface area contributed by atoms with Gasteiger partial charge in [0.15, 0.2) is 0 Å². The van der Waals surface area contributed by atoms with E-state index in [1.165, 1.54) is 11.3 Å². The molecule has 0 spiro atoms. The number of anilines is 2. The predicted molar refractivity (Wildman–Crippen MR) is 124 cm³/mol. The van der Waals surface area contributed by atoms with Crippen LogP contribution in [0.5, 0.6) is 0 Å². The first-order valence-corrected chi connectivity index (χ1v) is 11.2. The summed E-state index contributed by atoms with van der Waals surface area (Å²) in [5.41, 5.74) is 4.09. The maximum Gasteiger partial charge on any atom is 0.307 e. The Morgan fingerprint density at radius 3 is 2.19 bits per heavy atom. The normalized spacial score (nSPS) is 18.6. The highest BCUT2D eigenvalue weighted by Gasteiger charge is 2.38. The molecule has 0 radical (unpaired) electrons. The number of aryl methyl sites for hydroxylation is 1. The molecule has 1 aliphatic rings. The van der Waals surface area contributed by atoms with Crippen LogP contribution >= 0.6 is 11.3 Å². The number of carboxylic acid groups (broad SMARTS) is 1. The average Bonchev–Trinajstić information content (AvgIpc) is 3.04. The van der Waals surface area contributed by atoms with Crippen molar-refractivity contribution in [3.63, 3.8) is 0 Å². The van der Waals surface area contributed by atoms with Gasteiger partial charge in [-0.25, -0.2) is 0 Å². The second-order valence-electron chi connectivity index (χ2n) is 8.02. The topological polar surface area (TPSA) is 95.5 Å². The van der Waals surface area contributed by atoms with Crippen molar-refractivity contribution in [1.29, 1.82) is 0 Å². The number of benzene rings is 1. The highest BCUT2D eigenvalue weighted by atomic mass is 32.1. The Labute approximate surface area is 186 Å². The molecule has 1 heterocycles. The largest absolute Gasteiger partial charge is 0.481 e. The fraction of sp³-hybridized carbons (Fsp3) is 0.375. The van der Waals surface area contributed by atoms with E-state index in [9.17, 15) is 19.5 Å². The molecule has 1 aromatic carbocycles. The van der Waals surface area contributed by atoms with Gasteiger partial charge in [-0.2, -0.15) is 0 Å². The monoisotopic (exact) mass is 440 g/mol. The first-order chi connectivity index (χ1) is 14.7. The number of allylic oxidation sites excluding steroid dienone is 2. The summed E-state index contributed by atoms with van der Waals surface area (Å²) in [6, 6.07) is 9.15. The van der Waals surface area contributed by atoms with Crippen LogP contribution in [0.4, 0.5) is 10.7 Å². The lowest BCUT2D eigenvalue weighted by Crippen LogP contribution is -2.36. The summed E-state index contributed by atoms with van der Waals surface area (Å²) in [7, 11) is 0. The zero-order valence-electron chi connectivity index (χ0n) is 18.2. The predicted octanol–water partition coefficient (Wildman–Crippen LogP) is 5.26. The minimum Gasteiger partial charge on any atom is -0.481 e. The number of carboxylic acids is 1. The van der Waals surface area contributed by atoms with E-state index in [4.69, 9.17) is 0 Å². The van der Waals surface area contributed by atoms with Crippen molar-refractivity contribution in [1.82, 2.24) is 0 Å². The third kappa shape index (κ3) is 4.88. The molecule has 1 aromatic heterocycles. The molecule has 0 unspecified atom stereocenters. The molecule has 2 amide bonds. The van der Waals surface area contributed by atoms with Crippen LogP contribution in [0.3, 0.4) is 0 Å². The Morgan fingerprint density at radius 1 is 1.00 bits per heavy atom. The molecule has 0 bridgehead atoms. The molecule has 0 saturated carbocycles. The molecule has 3 N–H and O–H groups in total. The average molecular weight is 441 g/mol. The standard InChI is InChI=1S/C24H28N2O4S/c1-5-17-15(4)31-23(20(17)22(28)25-16-9-7-6-8-10-16)26-21(27)18-11-13(2)14(3)12-19(18)24(29)30/h6-10,18-19H,5,11-12H2,1-4H3,(H,25,28)(H,26,27)(H,29,30)/t18-,19-/m1/s1. The van der Waals surface area contributed by atoms with Gasteiger partial charge in [0.25, 0.3) is 5.91 Å². The van der Waals surface area contributed by atoms with Crippen molar-refractivity contribution in [3.05, 3.63) is 57.5 Å². The van der Waals surface area contributed by atoms with E-state index >= 15 is 0 Å². The molecule has 1 aliphatic carbocycles. The number of rotatable bonds is 6. The van der Waals surface area contributed by atoms with E-state index in [-0.39, 0.29) is 11.8 Å². The zero-order chi connectivity index (χ0) is 22.7. The van der Waals surface area contributed by atoms with Crippen molar-refractivity contribution < 1.29 is 19.5 Å². The van der Waals surface area contributed by atoms with Gasteiger partial charge < -0.3 is 15.7 Å². The van der Waals surface area contributed by atoms with Crippen molar-refractivity contribution in [2.75, 3.05) is 10.6 Å². The second-order valence-corrected chi connectivity index (χ2v) is 9.25. The lowest BCUT2D eigenvalue weighted by atomic mass is 9.76. The zero-order valence-corrected chi connectivity index (χ0v) is 19.1. The van der Waals surface area contributed by atoms with E-state index in [1.807, 2.05) is 45.9 Å². The van der Waals surface area contributed by atoms with E-state index in [2.05, 4.69) is 10.6 Å². The van der Waals surface area contributed by atoms with Gasteiger partial charge in [0.05, 0.1) is 17.4 Å². The van der Waals surface area contributed by atoms with Crippen LogP contribution in [-0.2, 0) is 16.0 Å². The Morgan fingerprint density at radius 2 is 1.61 bits per heavy atom. The molecule has 164 valence electrons. The van der Waals surface area contributed by atoms with E-state index in [0.717, 1.165) is 21.6 Å². The summed E-state index contributed by atoms with van der Waals surface area (Å²) in [4.78, 5) is 39.0. The van der Waals surface area contributed by atoms with E-state index < -0.39 is 17.8 Å². The maximum atomic E-state index is 13.2. The van der Waals surface area contributed by atoms with E-state index in [0.29, 0.717) is 35.5 Å². The number of hydrogen-bond donors (Lipinski definition) is 3. The van der Waals surface area contributed by atoms with Crippen LogP contribution < -0.4 is 10.6 Å². The van der Waals surface area contributed by atoms with Gasteiger partial charge in [0.1, 0.15) is 5.00 Å². The SMILES string of the molecule is CCc1c(C)sc(NC(=O)[C@@H]2CC(C)=C(C)C[C@H]2C(=O)O)c1C(=O)Nc1ccccc1. The quantitative estimate of drug-likeness (QED) is 0.534. The second kappa shape index (κ2) is 9.47. The number of carbonyl (C=O) groups is 3. The molecule has 0 fully saturated rings. The van der Waals surface area contributed by atoms with Crippen molar-refractivity contribution in [3.8, 4) is 0 Å². The minimum absolute atomic E-state index is 0.284. The molecule has 7 heteroatoms. The van der Waals surface area contributed by atoms with Gasteiger partial charge >= 0.3 is 5.97 Å². The van der Waals surface area contributed by atoms with Crippen LogP contribution in [0.2, 0.25) is 0 Å². The fourth-order valence-corrected chi connectivity index (χ4v) is 5.23. The minimum atomic E-state index is -0.967. The highest BCUT2D eigenvalue weighted by molar-refractivity contribution is 7.16. The van der Waals surface area contributed by atoms with Crippen LogP contribution in [0.1, 0.15) is 54.4 Å². The van der Waals surface area contributed by atoms with Gasteiger partial charge in [-0.3, -0.25) is 14.4 Å². The number of aliphatic carboxylic acids is 1. The van der Waals surface area contributed by atoms with Crippen molar-refractivity contribution in [2.45, 2.75) is 47.0 Å².